The van der Waals surface area contributed by atoms with Gasteiger partial charge in [-0.2, -0.15) is 0 Å². The van der Waals surface area contributed by atoms with Gasteiger partial charge in [0.1, 0.15) is 11.9 Å². The molecule has 10 heteroatoms. The van der Waals surface area contributed by atoms with E-state index in [9.17, 15) is 18.7 Å². The second-order valence-corrected chi connectivity index (χ2v) is 9.52. The number of unbranched alkanes of at least 4 members (excludes halogenated alkanes) is 1. The summed E-state index contributed by atoms with van der Waals surface area (Å²) >= 11 is 3.25. The van der Waals surface area contributed by atoms with Crippen LogP contribution in [0, 0.1) is 0 Å². The number of carboxylic acids is 1. The van der Waals surface area contributed by atoms with Crippen molar-refractivity contribution in [1.29, 1.82) is 0 Å². The summed E-state index contributed by atoms with van der Waals surface area (Å²) in [5.74, 6) is -2.68. The number of carbonyl (C=O) groups is 1. The van der Waals surface area contributed by atoms with Gasteiger partial charge in [-0.05, 0) is 50.3 Å². The van der Waals surface area contributed by atoms with Crippen LogP contribution < -0.4 is 16.4 Å². The van der Waals surface area contributed by atoms with Crippen LogP contribution in [-0.4, -0.2) is 65.6 Å². The standard InChI is InChI=1S/C23H36BrF2N5O2/c1-3-16-7-8-18(30-21(16)28-2)6-4-5-10-31(19-12-23(25,26)13-19)11-9-20(22(32)33)29-15-17(24)14-27/h7-8,14,19-20,29H,3-6,9-13,15,27H2,1-2H3,(H,28,30)(H,32,33)/b17-14+. The van der Waals surface area contributed by atoms with E-state index in [1.54, 1.807) is 0 Å². The fraction of sp³-hybridized carbons (Fsp3) is 0.652. The van der Waals surface area contributed by atoms with Crippen LogP contribution in [-0.2, 0) is 17.6 Å². The van der Waals surface area contributed by atoms with E-state index in [0.717, 1.165) is 37.2 Å². The highest BCUT2D eigenvalue weighted by atomic mass is 79.9. The maximum atomic E-state index is 13.5. The van der Waals surface area contributed by atoms with E-state index in [0.29, 0.717) is 30.5 Å². The van der Waals surface area contributed by atoms with Crippen LogP contribution in [0.15, 0.2) is 22.8 Å². The zero-order valence-electron chi connectivity index (χ0n) is 19.4. The monoisotopic (exact) mass is 531 g/mol. The molecule has 5 N–H and O–H groups in total. The summed E-state index contributed by atoms with van der Waals surface area (Å²) in [5, 5.41) is 15.6. The minimum atomic E-state index is -2.61. The van der Waals surface area contributed by atoms with Crippen molar-refractivity contribution >= 4 is 27.7 Å². The Labute approximate surface area is 203 Å². The molecular formula is C23H36BrF2N5O2. The number of aliphatic carboxylic acids is 1. The molecule has 1 aliphatic rings. The number of rotatable bonds is 15. The maximum Gasteiger partial charge on any atom is 0.320 e. The molecule has 0 spiro atoms. The van der Waals surface area contributed by atoms with Crippen molar-refractivity contribution in [3.05, 3.63) is 34.1 Å². The molecule has 1 saturated carbocycles. The summed E-state index contributed by atoms with van der Waals surface area (Å²) in [7, 11) is 1.86. The highest BCUT2D eigenvalue weighted by Crippen LogP contribution is 2.40. The van der Waals surface area contributed by atoms with Gasteiger partial charge in [-0.3, -0.25) is 15.0 Å². The number of anilines is 1. The molecule has 0 bridgehead atoms. The van der Waals surface area contributed by atoms with Gasteiger partial charge in [0.2, 0.25) is 0 Å². The average Bonchev–Trinajstić information content (AvgIpc) is 2.77. The fourth-order valence-electron chi connectivity index (χ4n) is 4.04. The van der Waals surface area contributed by atoms with Gasteiger partial charge in [0, 0.05) is 55.4 Å². The third-order valence-corrected chi connectivity index (χ3v) is 6.61. The van der Waals surface area contributed by atoms with E-state index < -0.39 is 17.9 Å². The molecule has 1 aromatic rings. The quantitative estimate of drug-likeness (QED) is 0.255. The van der Waals surface area contributed by atoms with Gasteiger partial charge in [0.15, 0.2) is 0 Å². The van der Waals surface area contributed by atoms with Crippen molar-refractivity contribution in [1.82, 2.24) is 15.2 Å². The first-order valence-corrected chi connectivity index (χ1v) is 12.3. The second kappa shape index (κ2) is 13.2. The number of aryl methyl sites for hydroxylation is 2. The van der Waals surface area contributed by atoms with Crippen molar-refractivity contribution in [2.75, 3.05) is 32.0 Å². The van der Waals surface area contributed by atoms with E-state index in [1.165, 1.54) is 11.8 Å². The van der Waals surface area contributed by atoms with Gasteiger partial charge >= 0.3 is 5.97 Å². The average molecular weight is 532 g/mol. The van der Waals surface area contributed by atoms with Crippen LogP contribution in [0.1, 0.15) is 50.3 Å². The molecule has 1 heterocycles. The number of hydrogen-bond acceptors (Lipinski definition) is 6. The first-order valence-electron chi connectivity index (χ1n) is 11.5. The molecule has 0 radical (unpaired) electrons. The van der Waals surface area contributed by atoms with Gasteiger partial charge in [-0.25, -0.2) is 13.8 Å². The minimum Gasteiger partial charge on any atom is -0.480 e. The maximum absolute atomic E-state index is 13.5. The van der Waals surface area contributed by atoms with Gasteiger partial charge in [-0.15, -0.1) is 0 Å². The largest absolute Gasteiger partial charge is 0.480 e. The van der Waals surface area contributed by atoms with Crippen LogP contribution in [0.5, 0.6) is 0 Å². The van der Waals surface area contributed by atoms with Crippen molar-refractivity contribution in [3.8, 4) is 0 Å². The van der Waals surface area contributed by atoms with Crippen LogP contribution in [0.3, 0.4) is 0 Å². The first kappa shape index (κ1) is 27.5. The number of nitrogens with zero attached hydrogens (tertiary/aromatic N) is 2. The van der Waals surface area contributed by atoms with Crippen LogP contribution in [0.25, 0.3) is 0 Å². The molecule has 0 amide bonds. The third kappa shape index (κ3) is 8.83. The Bertz CT molecular complexity index is 801. The molecule has 2 rings (SSSR count). The summed E-state index contributed by atoms with van der Waals surface area (Å²) < 4.78 is 27.7. The molecule has 1 aromatic heterocycles. The Kier molecular flexibility index (Phi) is 11.0. The third-order valence-electron chi connectivity index (χ3n) is 6.07. The molecule has 0 aliphatic heterocycles. The first-order chi connectivity index (χ1) is 15.7. The predicted molar refractivity (Wildman–Crippen MR) is 131 cm³/mol. The number of pyridine rings is 1. The van der Waals surface area contributed by atoms with E-state index in [-0.39, 0.29) is 18.9 Å². The zero-order valence-corrected chi connectivity index (χ0v) is 21.0. The van der Waals surface area contributed by atoms with E-state index in [1.807, 2.05) is 18.0 Å². The van der Waals surface area contributed by atoms with Crippen LogP contribution >= 0.6 is 15.9 Å². The number of alkyl halides is 2. The minimum absolute atomic E-state index is 0.162. The molecule has 0 saturated heterocycles. The molecule has 33 heavy (non-hydrogen) atoms. The topological polar surface area (TPSA) is 104 Å². The molecule has 186 valence electrons. The van der Waals surface area contributed by atoms with Crippen molar-refractivity contribution < 1.29 is 18.7 Å². The summed E-state index contributed by atoms with van der Waals surface area (Å²) in [6.45, 7) is 3.50. The summed E-state index contributed by atoms with van der Waals surface area (Å²) in [6, 6.07) is 3.15. The number of halogens is 3. The lowest BCUT2D eigenvalue weighted by atomic mass is 9.86. The molecular weight excluding hydrogens is 496 g/mol. The Morgan fingerprint density at radius 2 is 2.12 bits per heavy atom. The Hall–Kier alpha value is -1.78. The van der Waals surface area contributed by atoms with E-state index >= 15 is 0 Å². The zero-order chi connectivity index (χ0) is 24.4. The molecule has 7 nitrogen and oxygen atoms in total. The van der Waals surface area contributed by atoms with Crippen molar-refractivity contribution in [3.63, 3.8) is 0 Å². The SMILES string of the molecule is CCc1ccc(CCCCN(CCC(NC/C(Br)=C\N)C(=O)O)C2CC(F)(F)C2)nc1NC. The number of carboxylic acid groups (broad SMARTS) is 1. The van der Waals surface area contributed by atoms with Crippen molar-refractivity contribution in [2.45, 2.75) is 69.9 Å². The summed E-state index contributed by atoms with van der Waals surface area (Å²) in [5.41, 5.74) is 7.59. The lowest BCUT2D eigenvalue weighted by Gasteiger charge is -2.43. The smallest absolute Gasteiger partial charge is 0.320 e. The van der Waals surface area contributed by atoms with E-state index in [2.05, 4.69) is 44.5 Å². The van der Waals surface area contributed by atoms with Gasteiger partial charge < -0.3 is 16.2 Å². The molecule has 1 fully saturated rings. The normalized spacial score (nSPS) is 17.1. The van der Waals surface area contributed by atoms with Crippen molar-refractivity contribution in [2.24, 2.45) is 5.73 Å². The lowest BCUT2D eigenvalue weighted by Crippen LogP contribution is -2.52. The molecule has 1 aliphatic carbocycles. The Morgan fingerprint density at radius 3 is 2.70 bits per heavy atom. The number of nitrogens with one attached hydrogen (secondary N) is 2. The van der Waals surface area contributed by atoms with Crippen LogP contribution in [0.4, 0.5) is 14.6 Å². The second-order valence-electron chi connectivity index (χ2n) is 8.50. The van der Waals surface area contributed by atoms with Crippen LogP contribution in [0.2, 0.25) is 0 Å². The van der Waals surface area contributed by atoms with Gasteiger partial charge in [-0.1, -0.05) is 28.9 Å². The molecule has 0 aromatic carbocycles. The highest BCUT2D eigenvalue weighted by molar-refractivity contribution is 9.11. The van der Waals surface area contributed by atoms with E-state index in [4.69, 9.17) is 5.73 Å². The van der Waals surface area contributed by atoms with Gasteiger partial charge in [0.05, 0.1) is 0 Å². The number of aromatic nitrogens is 1. The highest BCUT2D eigenvalue weighted by Gasteiger charge is 2.47. The predicted octanol–water partition coefficient (Wildman–Crippen LogP) is 3.74. The summed E-state index contributed by atoms with van der Waals surface area (Å²) in [4.78, 5) is 18.3. The summed E-state index contributed by atoms with van der Waals surface area (Å²) in [6.07, 6.45) is 4.81. The Morgan fingerprint density at radius 1 is 1.39 bits per heavy atom. The fourth-order valence-corrected chi connectivity index (χ4v) is 4.20. The molecule has 1 atom stereocenters. The van der Waals surface area contributed by atoms with Gasteiger partial charge in [0.25, 0.3) is 5.92 Å². The Balaban J connectivity index is 1.88. The molecule has 1 unspecified atom stereocenters. The number of hydrogen-bond donors (Lipinski definition) is 4. The lowest BCUT2D eigenvalue weighted by molar-refractivity contribution is -0.141. The number of nitrogens with two attached hydrogens (primary N) is 1.